The van der Waals surface area contributed by atoms with Crippen LogP contribution in [0.15, 0.2) is 0 Å². The lowest BCUT2D eigenvalue weighted by molar-refractivity contribution is -0.112. The molecule has 4 aliphatic carbocycles. The minimum atomic E-state index is -0.0545. The van der Waals surface area contributed by atoms with E-state index in [4.69, 9.17) is 0 Å². The molecule has 0 bridgehead atoms. The molecule has 2 nitrogen and oxygen atoms in total. The van der Waals surface area contributed by atoms with Gasteiger partial charge in [0.05, 0.1) is 18.1 Å². The van der Waals surface area contributed by atoms with Crippen LogP contribution in [0.1, 0.15) is 71.6 Å². The summed E-state index contributed by atoms with van der Waals surface area (Å²) in [7, 11) is 0. The minimum Gasteiger partial charge on any atom is -0.393 e. The van der Waals surface area contributed by atoms with Gasteiger partial charge in [-0.05, 0) is 92.3 Å². The van der Waals surface area contributed by atoms with Crippen molar-refractivity contribution in [1.29, 1.82) is 5.26 Å². The monoisotopic (exact) mass is 301 g/mol. The van der Waals surface area contributed by atoms with Gasteiger partial charge < -0.3 is 5.11 Å². The molecule has 4 aliphatic rings. The molecule has 0 saturated heterocycles. The van der Waals surface area contributed by atoms with E-state index in [9.17, 15) is 10.4 Å². The summed E-state index contributed by atoms with van der Waals surface area (Å²) >= 11 is 0. The van der Waals surface area contributed by atoms with Gasteiger partial charge in [0.2, 0.25) is 0 Å². The van der Waals surface area contributed by atoms with Crippen LogP contribution in [0.2, 0.25) is 0 Å². The van der Waals surface area contributed by atoms with Gasteiger partial charge in [0.25, 0.3) is 0 Å². The Balaban J connectivity index is 1.61. The number of aliphatic hydroxyl groups excluding tert-OH is 1. The van der Waals surface area contributed by atoms with Crippen LogP contribution in [-0.4, -0.2) is 11.2 Å². The van der Waals surface area contributed by atoms with E-state index in [0.717, 1.165) is 42.9 Å². The zero-order valence-electron chi connectivity index (χ0n) is 14.2. The number of nitriles is 1. The quantitative estimate of drug-likeness (QED) is 0.714. The molecule has 0 spiro atoms. The van der Waals surface area contributed by atoms with Gasteiger partial charge in [-0.3, -0.25) is 0 Å². The van der Waals surface area contributed by atoms with E-state index in [1.165, 1.54) is 38.5 Å². The standard InChI is InChI=1S/C20H31NO/c1-19-9-7-16-15(17(19)6-4-14(22)11-19)8-10-20(2)13(12-21)3-5-18(16)20/h13-18,22H,3-11H2,1-2H3/t13-,14-,15-,16+,17+,18-,19+,20+/m0/s1. The second kappa shape index (κ2) is 4.97. The first-order valence-corrected chi connectivity index (χ1v) is 9.55. The van der Waals surface area contributed by atoms with Gasteiger partial charge in [-0.2, -0.15) is 5.26 Å². The molecule has 122 valence electrons. The molecule has 8 atom stereocenters. The zero-order valence-corrected chi connectivity index (χ0v) is 14.2. The van der Waals surface area contributed by atoms with Crippen LogP contribution in [0.4, 0.5) is 0 Å². The Morgan fingerprint density at radius 2 is 1.59 bits per heavy atom. The lowest BCUT2D eigenvalue weighted by atomic mass is 9.46. The van der Waals surface area contributed by atoms with Crippen LogP contribution in [0.3, 0.4) is 0 Å². The van der Waals surface area contributed by atoms with E-state index in [0.29, 0.717) is 16.7 Å². The van der Waals surface area contributed by atoms with Gasteiger partial charge in [-0.25, -0.2) is 0 Å². The molecule has 0 aromatic rings. The molecule has 0 aliphatic heterocycles. The molecule has 1 N–H and O–H groups in total. The van der Waals surface area contributed by atoms with Crippen molar-refractivity contribution in [1.82, 2.24) is 0 Å². The van der Waals surface area contributed by atoms with Crippen LogP contribution in [0, 0.1) is 51.8 Å². The van der Waals surface area contributed by atoms with Crippen LogP contribution in [0.5, 0.6) is 0 Å². The van der Waals surface area contributed by atoms with E-state index in [2.05, 4.69) is 19.9 Å². The van der Waals surface area contributed by atoms with Crippen molar-refractivity contribution in [2.75, 3.05) is 0 Å². The van der Waals surface area contributed by atoms with Crippen molar-refractivity contribution in [2.45, 2.75) is 77.7 Å². The Labute approximate surface area is 135 Å². The first kappa shape index (κ1) is 15.0. The third kappa shape index (κ3) is 1.94. The van der Waals surface area contributed by atoms with Crippen LogP contribution < -0.4 is 0 Å². The molecular formula is C20H31NO. The summed E-state index contributed by atoms with van der Waals surface area (Å²) < 4.78 is 0. The molecule has 0 aromatic carbocycles. The molecular weight excluding hydrogens is 270 g/mol. The molecule has 4 rings (SSSR count). The van der Waals surface area contributed by atoms with Crippen molar-refractivity contribution in [3.05, 3.63) is 0 Å². The predicted octanol–water partition coefficient (Wildman–Crippen LogP) is 4.53. The highest BCUT2D eigenvalue weighted by molar-refractivity contribution is 5.11. The fraction of sp³-hybridized carbons (Fsp3) is 0.950. The minimum absolute atomic E-state index is 0.0545. The SMILES string of the molecule is C[C@]12CC[C@@H]3[C@H](CC[C@]4(C)[C@H](C#N)CC[C@@H]34)[C@H]1CC[C@H](O)C2. The average molecular weight is 301 g/mol. The Kier molecular flexibility index (Phi) is 3.39. The maximum Gasteiger partial charge on any atom is 0.0661 e. The van der Waals surface area contributed by atoms with Crippen LogP contribution in [-0.2, 0) is 0 Å². The maximum atomic E-state index is 10.1. The van der Waals surface area contributed by atoms with Gasteiger partial charge in [0, 0.05) is 0 Å². The number of nitrogens with zero attached hydrogens (tertiary/aromatic N) is 1. The van der Waals surface area contributed by atoms with Gasteiger partial charge >= 0.3 is 0 Å². The van der Waals surface area contributed by atoms with Crippen LogP contribution >= 0.6 is 0 Å². The normalized spacial score (nSPS) is 57.4. The van der Waals surface area contributed by atoms with Crippen molar-refractivity contribution in [2.24, 2.45) is 40.4 Å². The fourth-order valence-corrected chi connectivity index (χ4v) is 7.47. The van der Waals surface area contributed by atoms with E-state index in [1.54, 1.807) is 0 Å². The van der Waals surface area contributed by atoms with E-state index >= 15 is 0 Å². The van der Waals surface area contributed by atoms with Crippen molar-refractivity contribution < 1.29 is 5.11 Å². The first-order chi connectivity index (χ1) is 10.5. The number of rotatable bonds is 0. The molecule has 2 heteroatoms. The summed E-state index contributed by atoms with van der Waals surface area (Å²) in [5, 5.41) is 19.7. The molecule has 0 aromatic heterocycles. The number of aliphatic hydroxyl groups is 1. The van der Waals surface area contributed by atoms with Crippen LogP contribution in [0.25, 0.3) is 0 Å². The second-order valence-electron chi connectivity index (χ2n) is 9.47. The third-order valence-corrected chi connectivity index (χ3v) is 8.62. The summed E-state index contributed by atoms with van der Waals surface area (Å²) in [6, 6.07) is 2.64. The van der Waals surface area contributed by atoms with Gasteiger partial charge in [0.15, 0.2) is 0 Å². The Morgan fingerprint density at radius 3 is 2.36 bits per heavy atom. The zero-order chi connectivity index (χ0) is 15.5. The molecule has 4 fully saturated rings. The molecule has 0 radical (unpaired) electrons. The lowest BCUT2D eigenvalue weighted by Gasteiger charge is -2.59. The molecule has 0 heterocycles. The van der Waals surface area contributed by atoms with Crippen molar-refractivity contribution >= 4 is 0 Å². The second-order valence-corrected chi connectivity index (χ2v) is 9.47. The number of fused-ring (bicyclic) bond motifs is 5. The number of hydrogen-bond acceptors (Lipinski definition) is 2. The average Bonchev–Trinajstić information content (AvgIpc) is 2.82. The Hall–Kier alpha value is -0.550. The largest absolute Gasteiger partial charge is 0.393 e. The van der Waals surface area contributed by atoms with Gasteiger partial charge in [-0.1, -0.05) is 13.8 Å². The predicted molar refractivity (Wildman–Crippen MR) is 86.8 cm³/mol. The lowest BCUT2D eigenvalue weighted by Crippen LogP contribution is -2.52. The molecule has 22 heavy (non-hydrogen) atoms. The number of hydrogen-bond donors (Lipinski definition) is 1. The summed E-state index contributed by atoms with van der Waals surface area (Å²) in [4.78, 5) is 0. The third-order valence-electron chi connectivity index (χ3n) is 8.62. The Bertz CT molecular complexity index is 496. The highest BCUT2D eigenvalue weighted by Gasteiger charge is 2.59. The summed E-state index contributed by atoms with van der Waals surface area (Å²) in [5.41, 5.74) is 0.692. The van der Waals surface area contributed by atoms with Crippen molar-refractivity contribution in [3.63, 3.8) is 0 Å². The summed E-state index contributed by atoms with van der Waals surface area (Å²) in [5.74, 6) is 3.68. The van der Waals surface area contributed by atoms with E-state index in [-0.39, 0.29) is 6.10 Å². The summed E-state index contributed by atoms with van der Waals surface area (Å²) in [6.45, 7) is 4.88. The molecule has 0 unspecified atom stereocenters. The highest BCUT2D eigenvalue weighted by Crippen LogP contribution is 2.66. The maximum absolute atomic E-state index is 10.1. The first-order valence-electron chi connectivity index (χ1n) is 9.55. The van der Waals surface area contributed by atoms with Gasteiger partial charge in [0.1, 0.15) is 0 Å². The Morgan fingerprint density at radius 1 is 0.909 bits per heavy atom. The molecule has 0 amide bonds. The fourth-order valence-electron chi connectivity index (χ4n) is 7.47. The van der Waals surface area contributed by atoms with E-state index < -0.39 is 0 Å². The highest BCUT2D eigenvalue weighted by atomic mass is 16.3. The molecule has 4 saturated carbocycles. The summed E-state index contributed by atoms with van der Waals surface area (Å²) in [6.07, 6.45) is 10.9. The topological polar surface area (TPSA) is 44.0 Å². The van der Waals surface area contributed by atoms with Gasteiger partial charge in [-0.15, -0.1) is 0 Å². The van der Waals surface area contributed by atoms with E-state index in [1.807, 2.05) is 0 Å². The van der Waals surface area contributed by atoms with Crippen molar-refractivity contribution in [3.8, 4) is 6.07 Å². The smallest absolute Gasteiger partial charge is 0.0661 e.